The normalized spacial score (nSPS) is 17.1. The second-order valence-corrected chi connectivity index (χ2v) is 24.2. The molecule has 2 aromatic carbocycles. The number of rotatable bonds is 16. The Morgan fingerprint density at radius 3 is 1.46 bits per heavy atom. The van der Waals surface area contributed by atoms with E-state index in [1.165, 1.54) is 0 Å². The minimum absolute atomic E-state index is 0.0394. The maximum absolute atomic E-state index is 14.4. The summed E-state index contributed by atoms with van der Waals surface area (Å²) >= 11 is 6.90. The minimum Gasteiger partial charge on any atom is -0.488 e. The molecule has 1 aliphatic rings. The van der Waals surface area contributed by atoms with E-state index in [4.69, 9.17) is 49.5 Å². The van der Waals surface area contributed by atoms with Crippen LogP contribution in [0.5, 0.6) is 5.75 Å². The molecule has 3 rings (SSSR count). The molecule has 1 heterocycles. The molecule has 380 valence electrons. The zero-order chi connectivity index (χ0) is 52.0. The van der Waals surface area contributed by atoms with Crippen molar-refractivity contribution in [2.45, 2.75) is 174 Å². The average Bonchev–Trinajstić information content (AvgIpc) is 3.71. The highest BCUT2D eigenvalue weighted by Crippen LogP contribution is 2.39. The fraction of sp³-hybridized carbons (Fsp3) is 0.660. The van der Waals surface area contributed by atoms with Gasteiger partial charge in [0.25, 0.3) is 0 Å². The number of halogens is 1. The van der Waals surface area contributed by atoms with Crippen LogP contribution in [0, 0.1) is 32.5 Å². The van der Waals surface area contributed by atoms with E-state index in [2.05, 4.69) is 0 Å². The molecule has 6 atom stereocenters. The Morgan fingerprint density at radius 1 is 0.559 bits per heavy atom. The SMILES string of the molecule is CC(C)(C)C(=O)OC[C@@H](OC(=O)C(C)(C)C)[C@@H](OC(=O)C(C)(C)C)[C@H](OC(=O)C(C)(C)C)[C@@H](OC(=O)C(C)(C)C)C(OC(=O)C(C)(C)C)c1ccc(Cl)c(Cc2ccc(O[C@H]3CCOC3)cc2)c1. The van der Waals surface area contributed by atoms with E-state index in [0.29, 0.717) is 36.0 Å². The topological polar surface area (TPSA) is 176 Å². The van der Waals surface area contributed by atoms with E-state index in [9.17, 15) is 28.8 Å². The molecule has 0 aliphatic carbocycles. The van der Waals surface area contributed by atoms with Crippen LogP contribution in [0.1, 0.15) is 154 Å². The van der Waals surface area contributed by atoms with Crippen molar-refractivity contribution >= 4 is 47.4 Å². The molecule has 15 heteroatoms. The van der Waals surface area contributed by atoms with Crippen molar-refractivity contribution in [1.29, 1.82) is 0 Å². The number of hydrogen-bond donors (Lipinski definition) is 0. The van der Waals surface area contributed by atoms with Crippen LogP contribution in [-0.2, 0) is 68.3 Å². The van der Waals surface area contributed by atoms with E-state index in [1.807, 2.05) is 24.3 Å². The molecule has 0 saturated carbocycles. The number of ether oxygens (including phenoxy) is 8. The number of carbonyl (C=O) groups excluding carboxylic acids is 6. The second-order valence-electron chi connectivity index (χ2n) is 23.8. The van der Waals surface area contributed by atoms with Gasteiger partial charge in [-0.05, 0) is 166 Å². The molecule has 2 aromatic rings. The highest BCUT2D eigenvalue weighted by Gasteiger charge is 2.52. The lowest BCUT2D eigenvalue weighted by Crippen LogP contribution is -2.57. The maximum atomic E-state index is 14.4. The number of benzene rings is 2. The molecule has 0 radical (unpaired) electrons. The Hall–Kier alpha value is -4.69. The first-order valence-corrected chi connectivity index (χ1v) is 23.6. The Balaban J connectivity index is 2.47. The van der Waals surface area contributed by atoms with Gasteiger partial charge in [0.15, 0.2) is 30.5 Å². The van der Waals surface area contributed by atoms with Crippen LogP contribution in [0.4, 0.5) is 0 Å². The number of hydrogen-bond acceptors (Lipinski definition) is 14. The Kier molecular flexibility index (Phi) is 19.0. The largest absolute Gasteiger partial charge is 0.488 e. The van der Waals surface area contributed by atoms with Gasteiger partial charge >= 0.3 is 35.8 Å². The summed E-state index contributed by atoms with van der Waals surface area (Å²) in [7, 11) is 0. The fourth-order valence-electron chi connectivity index (χ4n) is 5.99. The van der Waals surface area contributed by atoms with Crippen molar-refractivity contribution in [3.05, 3.63) is 64.2 Å². The highest BCUT2D eigenvalue weighted by molar-refractivity contribution is 6.31. The highest BCUT2D eigenvalue weighted by atomic mass is 35.5. The molecule has 1 saturated heterocycles. The molecule has 14 nitrogen and oxygen atoms in total. The van der Waals surface area contributed by atoms with Gasteiger partial charge in [-0.25, -0.2) is 0 Å². The van der Waals surface area contributed by atoms with Crippen LogP contribution in [0.3, 0.4) is 0 Å². The van der Waals surface area contributed by atoms with E-state index >= 15 is 0 Å². The summed E-state index contributed by atoms with van der Waals surface area (Å²) in [5.41, 5.74) is -5.27. The minimum atomic E-state index is -1.92. The summed E-state index contributed by atoms with van der Waals surface area (Å²) in [4.78, 5) is 84.6. The van der Waals surface area contributed by atoms with Gasteiger partial charge in [0.1, 0.15) is 18.5 Å². The van der Waals surface area contributed by atoms with Crippen molar-refractivity contribution in [3.8, 4) is 5.75 Å². The lowest BCUT2D eigenvalue weighted by molar-refractivity contribution is -0.226. The van der Waals surface area contributed by atoms with Crippen molar-refractivity contribution < 1.29 is 66.7 Å². The standard InChI is InChI=1S/C53H77ClO14/c1-48(2,3)42(55)62-30-37(64-43(56)49(4,5)6)39(66-45(58)51(10,11)12)41(68-47(60)53(16,17)18)40(67-46(59)52(13,14)15)38(65-44(57)50(7,8)9)32-21-24-36(54)33(28-32)27-31-19-22-34(23-20-31)63-35-25-26-61-29-35/h19-24,28,35,37-41H,25-27,29-30H2,1-18H3/t35-,37+,38?,39+,40-,41-/m0/s1. The molecule has 0 aromatic heterocycles. The molecular formula is C53H77ClO14. The summed E-state index contributed by atoms with van der Waals surface area (Å²) in [6, 6.07) is 12.4. The molecular weight excluding hydrogens is 896 g/mol. The summed E-state index contributed by atoms with van der Waals surface area (Å²) in [6.07, 6.45) is -7.88. The first-order valence-electron chi connectivity index (χ1n) is 23.2. The van der Waals surface area contributed by atoms with Gasteiger partial charge in [0.2, 0.25) is 0 Å². The summed E-state index contributed by atoms with van der Waals surface area (Å²) in [5.74, 6) is -4.05. The first-order chi connectivity index (χ1) is 30.9. The van der Waals surface area contributed by atoms with E-state index < -0.39 is 105 Å². The molecule has 0 amide bonds. The Labute approximate surface area is 409 Å². The van der Waals surface area contributed by atoms with Gasteiger partial charge in [0.05, 0.1) is 45.7 Å². The quantitative estimate of drug-likeness (QED) is 0.115. The third-order valence-corrected chi connectivity index (χ3v) is 10.9. The maximum Gasteiger partial charge on any atom is 0.311 e. The van der Waals surface area contributed by atoms with Crippen LogP contribution in [0.2, 0.25) is 5.02 Å². The zero-order valence-electron chi connectivity index (χ0n) is 43.6. The van der Waals surface area contributed by atoms with Crippen LogP contribution >= 0.6 is 11.6 Å². The third kappa shape index (κ3) is 17.1. The van der Waals surface area contributed by atoms with Gasteiger partial charge in [-0.3, -0.25) is 28.8 Å². The summed E-state index contributed by atoms with van der Waals surface area (Å²) in [6.45, 7) is 29.4. The van der Waals surface area contributed by atoms with Crippen LogP contribution in [0.15, 0.2) is 42.5 Å². The molecule has 1 aliphatic heterocycles. The lowest BCUT2D eigenvalue weighted by atomic mass is 9.89. The van der Waals surface area contributed by atoms with Crippen molar-refractivity contribution in [2.75, 3.05) is 19.8 Å². The van der Waals surface area contributed by atoms with Gasteiger partial charge < -0.3 is 37.9 Å². The average molecular weight is 974 g/mol. The molecule has 68 heavy (non-hydrogen) atoms. The zero-order valence-corrected chi connectivity index (χ0v) is 44.4. The molecule has 1 fully saturated rings. The molecule has 0 bridgehead atoms. The lowest BCUT2D eigenvalue weighted by Gasteiger charge is -2.41. The van der Waals surface area contributed by atoms with E-state index in [1.54, 1.807) is 143 Å². The Morgan fingerprint density at radius 2 is 1.00 bits per heavy atom. The smallest absolute Gasteiger partial charge is 0.311 e. The molecule has 0 N–H and O–H groups in total. The monoisotopic (exact) mass is 973 g/mol. The van der Waals surface area contributed by atoms with Crippen LogP contribution in [-0.4, -0.2) is 86.2 Å². The third-order valence-electron chi connectivity index (χ3n) is 10.5. The summed E-state index contributed by atoms with van der Waals surface area (Å²) in [5, 5.41) is 0.365. The van der Waals surface area contributed by atoms with E-state index in [0.717, 1.165) is 12.0 Å². The number of carbonyl (C=O) groups is 6. The molecule has 1 unspecified atom stereocenters. The van der Waals surface area contributed by atoms with Crippen molar-refractivity contribution in [3.63, 3.8) is 0 Å². The van der Waals surface area contributed by atoms with Crippen LogP contribution in [0.25, 0.3) is 0 Å². The van der Waals surface area contributed by atoms with Gasteiger partial charge in [-0.1, -0.05) is 35.9 Å². The van der Waals surface area contributed by atoms with Crippen LogP contribution < -0.4 is 4.74 Å². The predicted octanol–water partition coefficient (Wildman–Crippen LogP) is 10.1. The van der Waals surface area contributed by atoms with Gasteiger partial charge in [-0.15, -0.1) is 0 Å². The van der Waals surface area contributed by atoms with Gasteiger partial charge in [-0.2, -0.15) is 0 Å². The number of esters is 6. The first kappa shape index (κ1) is 57.6. The second kappa shape index (κ2) is 22.4. The summed E-state index contributed by atoms with van der Waals surface area (Å²) < 4.78 is 49.0. The van der Waals surface area contributed by atoms with Crippen molar-refractivity contribution in [2.24, 2.45) is 32.5 Å². The fourth-order valence-corrected chi connectivity index (χ4v) is 6.17. The van der Waals surface area contributed by atoms with E-state index in [-0.39, 0.29) is 11.7 Å². The Bertz CT molecular complexity index is 2080. The van der Waals surface area contributed by atoms with Gasteiger partial charge in [0, 0.05) is 11.4 Å². The predicted molar refractivity (Wildman–Crippen MR) is 257 cm³/mol. The molecule has 0 spiro atoms. The van der Waals surface area contributed by atoms with Crippen molar-refractivity contribution in [1.82, 2.24) is 0 Å².